The zero-order valence-corrected chi connectivity index (χ0v) is 12.3. The van der Waals surface area contributed by atoms with Gasteiger partial charge in [-0.1, -0.05) is 19.3 Å². The number of carboxylic acid groups (broad SMARTS) is 1. The van der Waals surface area contributed by atoms with Crippen LogP contribution in [0.4, 0.5) is 4.79 Å². The molecule has 4 N–H and O–H groups in total. The maximum Gasteiger partial charge on any atom is 0.326 e. The number of rotatable bonds is 2. The summed E-state index contributed by atoms with van der Waals surface area (Å²) in [4.78, 5) is 25.6. The van der Waals surface area contributed by atoms with Crippen molar-refractivity contribution in [3.63, 3.8) is 0 Å². The second-order valence-corrected chi connectivity index (χ2v) is 6.79. The number of nitrogens with two attached hydrogens (primary N) is 1. The molecule has 6 heteroatoms. The molecular formula is C15H25N3O3. The minimum absolute atomic E-state index is 0.00641. The lowest BCUT2D eigenvalue weighted by molar-refractivity contribution is -0.142. The van der Waals surface area contributed by atoms with Crippen molar-refractivity contribution in [3.8, 4) is 0 Å². The summed E-state index contributed by atoms with van der Waals surface area (Å²) in [6.45, 7) is 0.579. The second kappa shape index (κ2) is 5.83. The van der Waals surface area contributed by atoms with E-state index < -0.39 is 12.0 Å². The van der Waals surface area contributed by atoms with Crippen LogP contribution in [0.1, 0.15) is 44.9 Å². The van der Waals surface area contributed by atoms with Gasteiger partial charge >= 0.3 is 12.0 Å². The van der Waals surface area contributed by atoms with Gasteiger partial charge in [-0.05, 0) is 37.5 Å². The Morgan fingerprint density at radius 1 is 1.10 bits per heavy atom. The molecule has 5 unspecified atom stereocenters. The van der Waals surface area contributed by atoms with Crippen LogP contribution in [0.25, 0.3) is 0 Å². The average molecular weight is 295 g/mol. The minimum atomic E-state index is -0.868. The number of nitrogens with zero attached hydrogens (tertiary/aromatic N) is 1. The molecule has 2 saturated carbocycles. The molecule has 3 fully saturated rings. The number of likely N-dealkylation sites (tertiary alicyclic amines) is 1. The zero-order valence-electron chi connectivity index (χ0n) is 12.3. The van der Waals surface area contributed by atoms with Gasteiger partial charge < -0.3 is 21.1 Å². The van der Waals surface area contributed by atoms with Crippen molar-refractivity contribution in [2.24, 2.45) is 17.6 Å². The molecule has 6 nitrogen and oxygen atoms in total. The van der Waals surface area contributed by atoms with Crippen LogP contribution in [0.5, 0.6) is 0 Å². The van der Waals surface area contributed by atoms with Crippen LogP contribution in [0.2, 0.25) is 0 Å². The highest BCUT2D eigenvalue weighted by Gasteiger charge is 2.49. The highest BCUT2D eigenvalue weighted by Crippen LogP contribution is 2.42. The largest absolute Gasteiger partial charge is 0.480 e. The fourth-order valence-electron chi connectivity index (χ4n) is 4.41. The Morgan fingerprint density at radius 2 is 1.86 bits per heavy atom. The number of carbonyl (C=O) groups is 2. The SMILES string of the molecule is NC1CCCCC1NC(=O)N1CC2CCCC2C1C(=O)O. The Bertz CT molecular complexity index is 428. The maximum atomic E-state index is 12.5. The van der Waals surface area contributed by atoms with Gasteiger partial charge in [-0.25, -0.2) is 9.59 Å². The Hall–Kier alpha value is -1.30. The molecule has 2 aliphatic carbocycles. The molecule has 118 valence electrons. The van der Waals surface area contributed by atoms with Crippen molar-refractivity contribution in [1.29, 1.82) is 0 Å². The van der Waals surface area contributed by atoms with Crippen LogP contribution in [0.3, 0.4) is 0 Å². The van der Waals surface area contributed by atoms with Crippen LogP contribution in [-0.4, -0.2) is 46.7 Å². The molecule has 0 radical (unpaired) electrons. The van der Waals surface area contributed by atoms with Crippen molar-refractivity contribution in [3.05, 3.63) is 0 Å². The van der Waals surface area contributed by atoms with Crippen LogP contribution < -0.4 is 11.1 Å². The van der Waals surface area contributed by atoms with E-state index in [0.29, 0.717) is 12.5 Å². The van der Waals surface area contributed by atoms with Gasteiger partial charge in [0.2, 0.25) is 0 Å². The molecule has 2 amide bonds. The Kier molecular flexibility index (Phi) is 4.06. The molecule has 1 saturated heterocycles. The maximum absolute atomic E-state index is 12.5. The first-order valence-electron chi connectivity index (χ1n) is 8.13. The number of urea groups is 1. The van der Waals surface area contributed by atoms with Crippen LogP contribution in [-0.2, 0) is 4.79 Å². The molecule has 0 spiro atoms. The monoisotopic (exact) mass is 295 g/mol. The number of hydrogen-bond acceptors (Lipinski definition) is 3. The summed E-state index contributed by atoms with van der Waals surface area (Å²) in [6, 6.07) is -0.911. The number of hydrogen-bond donors (Lipinski definition) is 3. The number of nitrogens with one attached hydrogen (secondary N) is 1. The van der Waals surface area contributed by atoms with Gasteiger partial charge in [0.05, 0.1) is 0 Å². The summed E-state index contributed by atoms with van der Waals surface area (Å²) in [7, 11) is 0. The van der Waals surface area contributed by atoms with E-state index in [1.807, 2.05) is 0 Å². The van der Waals surface area contributed by atoms with E-state index in [-0.39, 0.29) is 24.0 Å². The normalized spacial score (nSPS) is 39.1. The molecule has 21 heavy (non-hydrogen) atoms. The van der Waals surface area contributed by atoms with Crippen molar-refractivity contribution in [2.75, 3.05) is 6.54 Å². The van der Waals surface area contributed by atoms with Crippen LogP contribution in [0.15, 0.2) is 0 Å². The summed E-state index contributed by atoms with van der Waals surface area (Å²) in [5, 5.41) is 12.5. The van der Waals surface area contributed by atoms with E-state index >= 15 is 0 Å². The topological polar surface area (TPSA) is 95.7 Å². The molecule has 5 atom stereocenters. The fourth-order valence-corrected chi connectivity index (χ4v) is 4.41. The molecule has 1 aliphatic heterocycles. The molecular weight excluding hydrogens is 270 g/mol. The van der Waals surface area contributed by atoms with Crippen molar-refractivity contribution >= 4 is 12.0 Å². The van der Waals surface area contributed by atoms with Crippen LogP contribution >= 0.6 is 0 Å². The van der Waals surface area contributed by atoms with E-state index in [2.05, 4.69) is 5.32 Å². The lowest BCUT2D eigenvalue weighted by Gasteiger charge is -2.32. The molecule has 3 rings (SSSR count). The van der Waals surface area contributed by atoms with Gasteiger partial charge in [-0.15, -0.1) is 0 Å². The van der Waals surface area contributed by atoms with Gasteiger partial charge in [-0.2, -0.15) is 0 Å². The minimum Gasteiger partial charge on any atom is -0.480 e. The predicted molar refractivity (Wildman–Crippen MR) is 77.7 cm³/mol. The summed E-state index contributed by atoms with van der Waals surface area (Å²) >= 11 is 0. The smallest absolute Gasteiger partial charge is 0.326 e. The second-order valence-electron chi connectivity index (χ2n) is 6.79. The van der Waals surface area contributed by atoms with Gasteiger partial charge in [0, 0.05) is 18.6 Å². The lowest BCUT2D eigenvalue weighted by Crippen LogP contribution is -2.55. The molecule has 3 aliphatic rings. The lowest BCUT2D eigenvalue weighted by atomic mass is 9.91. The number of fused-ring (bicyclic) bond motifs is 1. The Labute approximate surface area is 125 Å². The zero-order chi connectivity index (χ0) is 15.0. The van der Waals surface area contributed by atoms with Crippen molar-refractivity contribution in [2.45, 2.75) is 63.1 Å². The summed E-state index contributed by atoms with van der Waals surface area (Å²) < 4.78 is 0. The molecule has 0 aromatic carbocycles. The fraction of sp³-hybridized carbons (Fsp3) is 0.867. The van der Waals surface area contributed by atoms with E-state index in [0.717, 1.165) is 44.9 Å². The van der Waals surface area contributed by atoms with E-state index in [4.69, 9.17) is 5.73 Å². The summed E-state index contributed by atoms with van der Waals surface area (Å²) in [6.07, 6.45) is 7.06. The Morgan fingerprint density at radius 3 is 2.57 bits per heavy atom. The van der Waals surface area contributed by atoms with E-state index in [1.165, 1.54) is 4.90 Å². The first-order valence-corrected chi connectivity index (χ1v) is 8.13. The third-order valence-electron chi connectivity index (χ3n) is 5.53. The Balaban J connectivity index is 1.67. The highest BCUT2D eigenvalue weighted by molar-refractivity contribution is 5.84. The van der Waals surface area contributed by atoms with Crippen LogP contribution in [0, 0.1) is 11.8 Å². The number of aliphatic carboxylic acids is 1. The number of carbonyl (C=O) groups excluding carboxylic acids is 1. The third-order valence-corrected chi connectivity index (χ3v) is 5.53. The molecule has 0 bridgehead atoms. The summed E-state index contributed by atoms with van der Waals surface area (Å²) in [5.74, 6) is -0.377. The molecule has 1 heterocycles. The first-order chi connectivity index (χ1) is 10.1. The van der Waals surface area contributed by atoms with Crippen molar-refractivity contribution < 1.29 is 14.7 Å². The van der Waals surface area contributed by atoms with Gasteiger partial charge in [0.25, 0.3) is 0 Å². The number of amides is 2. The molecule has 0 aromatic rings. The van der Waals surface area contributed by atoms with Gasteiger partial charge in [-0.3, -0.25) is 0 Å². The number of carboxylic acids is 1. The standard InChI is InChI=1S/C15H25N3O3/c16-11-6-1-2-7-12(11)17-15(21)18-8-9-4-3-5-10(9)13(18)14(19)20/h9-13H,1-8,16H2,(H,17,21)(H,19,20). The van der Waals surface area contributed by atoms with Crippen molar-refractivity contribution in [1.82, 2.24) is 10.2 Å². The molecule has 0 aromatic heterocycles. The quantitative estimate of drug-likeness (QED) is 0.712. The predicted octanol–water partition coefficient (Wildman–Crippen LogP) is 1.15. The summed E-state index contributed by atoms with van der Waals surface area (Å²) in [5.41, 5.74) is 6.06. The average Bonchev–Trinajstić information content (AvgIpc) is 3.00. The van der Waals surface area contributed by atoms with Gasteiger partial charge in [0.15, 0.2) is 0 Å². The van der Waals surface area contributed by atoms with Gasteiger partial charge in [0.1, 0.15) is 6.04 Å². The highest BCUT2D eigenvalue weighted by atomic mass is 16.4. The van der Waals surface area contributed by atoms with E-state index in [1.54, 1.807) is 0 Å². The first kappa shape index (κ1) is 14.6. The third kappa shape index (κ3) is 2.73. The van der Waals surface area contributed by atoms with E-state index in [9.17, 15) is 14.7 Å².